The lowest BCUT2D eigenvalue weighted by atomic mass is 9.96. The second-order valence-electron chi connectivity index (χ2n) is 15.3. The number of fused-ring (bicyclic) bond motifs is 11. The molecular formula is C54H31N3S. The Morgan fingerprint density at radius 1 is 0.345 bits per heavy atom. The van der Waals surface area contributed by atoms with Gasteiger partial charge in [-0.05, 0) is 97.7 Å². The molecule has 3 nitrogen and oxygen atoms in total. The number of nitrogens with zero attached hydrogens (tertiary/aromatic N) is 3. The van der Waals surface area contributed by atoms with E-state index in [1.807, 2.05) is 11.3 Å². The van der Waals surface area contributed by atoms with Crippen molar-refractivity contribution in [2.75, 3.05) is 0 Å². The van der Waals surface area contributed by atoms with E-state index in [1.54, 1.807) is 0 Å². The van der Waals surface area contributed by atoms with Crippen molar-refractivity contribution in [3.05, 3.63) is 188 Å². The molecule has 0 radical (unpaired) electrons. The van der Waals surface area contributed by atoms with Crippen LogP contribution in [0.5, 0.6) is 0 Å². The molecule has 13 rings (SSSR count). The van der Waals surface area contributed by atoms with Crippen molar-refractivity contribution in [2.24, 2.45) is 0 Å². The van der Waals surface area contributed by atoms with Crippen LogP contribution in [0, 0.1) is 0 Å². The highest BCUT2D eigenvalue weighted by Gasteiger charge is 2.26. The molecule has 0 aliphatic heterocycles. The lowest BCUT2D eigenvalue weighted by Gasteiger charge is -2.13. The molecule has 0 saturated heterocycles. The summed E-state index contributed by atoms with van der Waals surface area (Å²) in [6.45, 7) is 0. The number of hydrogen-bond donors (Lipinski definition) is 0. The highest BCUT2D eigenvalue weighted by atomic mass is 32.1. The number of hydrogen-bond acceptors (Lipinski definition) is 3. The Hall–Kier alpha value is -7.40. The summed E-state index contributed by atoms with van der Waals surface area (Å²) in [6, 6.07) is 68.3. The molecule has 1 aliphatic carbocycles. The Balaban J connectivity index is 1.09. The van der Waals surface area contributed by atoms with Crippen LogP contribution >= 0.6 is 11.3 Å². The van der Waals surface area contributed by atoms with Crippen LogP contribution in [-0.2, 0) is 0 Å². The molecule has 0 saturated carbocycles. The van der Waals surface area contributed by atoms with E-state index < -0.39 is 0 Å². The van der Waals surface area contributed by atoms with Crippen molar-refractivity contribution >= 4 is 75.0 Å². The van der Waals surface area contributed by atoms with E-state index in [4.69, 9.17) is 9.97 Å². The minimum absolute atomic E-state index is 0.661. The van der Waals surface area contributed by atoms with Gasteiger partial charge in [-0.1, -0.05) is 146 Å². The minimum Gasteiger partial charge on any atom is -0.278 e. The van der Waals surface area contributed by atoms with E-state index in [9.17, 15) is 0 Å². The fourth-order valence-corrected chi connectivity index (χ4v) is 10.6. The van der Waals surface area contributed by atoms with Gasteiger partial charge in [0.2, 0.25) is 5.95 Å². The molecule has 12 aromatic rings. The van der Waals surface area contributed by atoms with Gasteiger partial charge in [0.05, 0.1) is 22.2 Å². The molecule has 0 bridgehead atoms. The molecular weight excluding hydrogens is 723 g/mol. The van der Waals surface area contributed by atoms with Gasteiger partial charge in [-0.2, -0.15) is 0 Å². The van der Waals surface area contributed by atoms with E-state index >= 15 is 0 Å². The van der Waals surface area contributed by atoms with Crippen molar-refractivity contribution in [1.82, 2.24) is 14.5 Å². The van der Waals surface area contributed by atoms with Crippen molar-refractivity contribution in [2.45, 2.75) is 0 Å². The molecule has 0 amide bonds. The van der Waals surface area contributed by atoms with Crippen molar-refractivity contribution < 1.29 is 0 Å². The lowest BCUT2D eigenvalue weighted by molar-refractivity contribution is 1.01. The van der Waals surface area contributed by atoms with Gasteiger partial charge in [-0.25, -0.2) is 9.97 Å². The third-order valence-electron chi connectivity index (χ3n) is 12.2. The lowest BCUT2D eigenvalue weighted by Crippen LogP contribution is -2.03. The predicted molar refractivity (Wildman–Crippen MR) is 245 cm³/mol. The van der Waals surface area contributed by atoms with Gasteiger partial charge in [-0.3, -0.25) is 4.57 Å². The maximum absolute atomic E-state index is 5.50. The number of benzene rings is 9. The zero-order chi connectivity index (χ0) is 37.9. The second kappa shape index (κ2) is 12.1. The van der Waals surface area contributed by atoms with E-state index in [-0.39, 0.29) is 0 Å². The third kappa shape index (κ3) is 4.55. The Bertz CT molecular complexity index is 3670. The molecule has 1 aliphatic rings. The van der Waals surface area contributed by atoms with Gasteiger partial charge in [-0.15, -0.1) is 11.3 Å². The fourth-order valence-electron chi connectivity index (χ4n) is 9.52. The van der Waals surface area contributed by atoms with Crippen LogP contribution in [0.1, 0.15) is 0 Å². The highest BCUT2D eigenvalue weighted by Crippen LogP contribution is 2.51. The quantitative estimate of drug-likeness (QED) is 0.179. The zero-order valence-corrected chi connectivity index (χ0v) is 32.0. The number of thiophene rings is 1. The summed E-state index contributed by atoms with van der Waals surface area (Å²) in [6.07, 6.45) is 0. The molecule has 268 valence electrons. The Morgan fingerprint density at radius 2 is 0.966 bits per heavy atom. The first-order valence-corrected chi connectivity index (χ1v) is 20.6. The Morgan fingerprint density at radius 3 is 1.83 bits per heavy atom. The van der Waals surface area contributed by atoms with Crippen LogP contribution in [-0.4, -0.2) is 14.5 Å². The topological polar surface area (TPSA) is 30.7 Å². The summed E-state index contributed by atoms with van der Waals surface area (Å²) >= 11 is 1.86. The van der Waals surface area contributed by atoms with Crippen molar-refractivity contribution in [1.29, 1.82) is 0 Å². The molecule has 4 heteroatoms. The fraction of sp³-hybridized carbons (Fsp3) is 0. The van der Waals surface area contributed by atoms with Crippen LogP contribution in [0.4, 0.5) is 0 Å². The summed E-state index contributed by atoms with van der Waals surface area (Å²) < 4.78 is 4.94. The van der Waals surface area contributed by atoms with Gasteiger partial charge in [0, 0.05) is 41.9 Å². The minimum atomic E-state index is 0.661. The van der Waals surface area contributed by atoms with Crippen LogP contribution in [0.3, 0.4) is 0 Å². The first-order chi connectivity index (χ1) is 28.7. The SMILES string of the molecule is c1ccc(-c2ccc(-c3nc(-n4c5ccc(-c6ccc7sc8ccccc8c7c6)cc5c5c6cccc7c6c(cc54)-c4ccccc4-7)nc4ccccc34)cc2)cc1. The number of rotatable bonds is 4. The van der Waals surface area contributed by atoms with Crippen LogP contribution in [0.2, 0.25) is 0 Å². The maximum atomic E-state index is 5.50. The van der Waals surface area contributed by atoms with E-state index in [0.29, 0.717) is 5.95 Å². The average Bonchev–Trinajstić information content (AvgIpc) is 3.94. The molecule has 0 spiro atoms. The summed E-state index contributed by atoms with van der Waals surface area (Å²) in [7, 11) is 0. The molecule has 0 atom stereocenters. The van der Waals surface area contributed by atoms with Crippen LogP contribution in [0.25, 0.3) is 125 Å². The second-order valence-corrected chi connectivity index (χ2v) is 16.4. The standard InChI is InChI=1S/C54H31N3S/c1-2-11-32(12-3-1)33-21-23-34(24-22-33)53-41-16-6-8-19-46(41)55-54(56-53)57-47-27-25-35(36-26-28-50-43(29-36)39-15-7-9-20-49(39)58-50)30-45(47)52-42-18-10-17-40-37-13-4-5-14-38(37)44(51(40)42)31-48(52)57/h1-31H. The van der Waals surface area contributed by atoms with E-state index in [0.717, 1.165) is 33.2 Å². The van der Waals surface area contributed by atoms with Gasteiger partial charge in [0.1, 0.15) is 0 Å². The van der Waals surface area contributed by atoms with Gasteiger partial charge < -0.3 is 0 Å². The third-order valence-corrected chi connectivity index (χ3v) is 13.3. The molecule has 0 unspecified atom stereocenters. The van der Waals surface area contributed by atoms with Crippen molar-refractivity contribution in [3.63, 3.8) is 0 Å². The van der Waals surface area contributed by atoms with E-state index in [1.165, 1.54) is 86.2 Å². The number of para-hydroxylation sites is 1. The van der Waals surface area contributed by atoms with Crippen LogP contribution < -0.4 is 0 Å². The first-order valence-electron chi connectivity index (χ1n) is 19.7. The molecule has 9 aromatic carbocycles. The smallest absolute Gasteiger partial charge is 0.235 e. The number of aromatic nitrogens is 3. The zero-order valence-electron chi connectivity index (χ0n) is 31.1. The molecule has 0 fully saturated rings. The summed E-state index contributed by atoms with van der Waals surface area (Å²) in [5.41, 5.74) is 14.9. The summed E-state index contributed by atoms with van der Waals surface area (Å²) in [5.74, 6) is 0.661. The molecule has 58 heavy (non-hydrogen) atoms. The molecule has 3 aromatic heterocycles. The monoisotopic (exact) mass is 753 g/mol. The molecule has 3 heterocycles. The van der Waals surface area contributed by atoms with Crippen LogP contribution in [0.15, 0.2) is 188 Å². The van der Waals surface area contributed by atoms with E-state index in [2.05, 4.69) is 193 Å². The summed E-state index contributed by atoms with van der Waals surface area (Å²) in [5, 5.41) is 8.61. The normalized spacial score (nSPS) is 12.1. The maximum Gasteiger partial charge on any atom is 0.235 e. The average molecular weight is 754 g/mol. The largest absolute Gasteiger partial charge is 0.278 e. The van der Waals surface area contributed by atoms with Gasteiger partial charge >= 0.3 is 0 Å². The Labute approximate surface area is 337 Å². The Kier molecular flexibility index (Phi) is 6.60. The highest BCUT2D eigenvalue weighted by molar-refractivity contribution is 7.25. The first kappa shape index (κ1) is 31.8. The predicted octanol–water partition coefficient (Wildman–Crippen LogP) is 14.9. The molecule has 0 N–H and O–H groups in total. The summed E-state index contributed by atoms with van der Waals surface area (Å²) in [4.78, 5) is 10.9. The van der Waals surface area contributed by atoms with Gasteiger partial charge in [0.25, 0.3) is 0 Å². The van der Waals surface area contributed by atoms with Gasteiger partial charge in [0.15, 0.2) is 0 Å². The van der Waals surface area contributed by atoms with Crippen molar-refractivity contribution in [3.8, 4) is 61.7 Å².